The zero-order valence-electron chi connectivity index (χ0n) is 18.5. The van der Waals surface area contributed by atoms with Gasteiger partial charge in [0.05, 0.1) is 11.4 Å². The zero-order chi connectivity index (χ0) is 22.2. The van der Waals surface area contributed by atoms with Crippen molar-refractivity contribution in [2.75, 3.05) is 47.7 Å². The van der Waals surface area contributed by atoms with Gasteiger partial charge in [0.15, 0.2) is 0 Å². The van der Waals surface area contributed by atoms with Crippen molar-refractivity contribution in [2.45, 2.75) is 33.6 Å². The van der Waals surface area contributed by atoms with E-state index in [0.717, 1.165) is 30.9 Å². The summed E-state index contributed by atoms with van der Waals surface area (Å²) in [5, 5.41) is 0. The third-order valence-electron chi connectivity index (χ3n) is 6.21. The molecule has 0 radical (unpaired) electrons. The molecule has 1 aromatic carbocycles. The number of carbonyl (C=O) groups is 1. The van der Waals surface area contributed by atoms with Gasteiger partial charge in [-0.15, -0.1) is 0 Å². The van der Waals surface area contributed by atoms with Gasteiger partial charge in [-0.3, -0.25) is 9.10 Å². The number of rotatable bonds is 4. The van der Waals surface area contributed by atoms with Crippen LogP contribution >= 0.6 is 0 Å². The molecule has 0 saturated carbocycles. The number of amides is 1. The lowest BCUT2D eigenvalue weighted by atomic mass is 10.1. The zero-order valence-corrected chi connectivity index (χ0v) is 19.3. The monoisotopic (exact) mass is 442 g/mol. The Labute approximate surface area is 184 Å². The first-order valence-electron chi connectivity index (χ1n) is 10.9. The highest BCUT2D eigenvalue weighted by molar-refractivity contribution is 7.93. The number of sulfonamides is 1. The van der Waals surface area contributed by atoms with Crippen molar-refractivity contribution in [1.29, 1.82) is 0 Å². The maximum absolute atomic E-state index is 13.1. The molecule has 3 heterocycles. The minimum Gasteiger partial charge on any atom is -0.353 e. The van der Waals surface area contributed by atoms with Crippen LogP contribution in [0, 0.1) is 13.8 Å². The number of aryl methyl sites for hydroxylation is 3. The Bertz CT molecular complexity index is 1090. The van der Waals surface area contributed by atoms with Gasteiger partial charge < -0.3 is 9.80 Å². The Morgan fingerprint density at radius 3 is 2.35 bits per heavy atom. The molecule has 2 aromatic rings. The molecule has 2 aliphatic heterocycles. The van der Waals surface area contributed by atoms with Crippen LogP contribution in [-0.4, -0.2) is 62.7 Å². The predicted molar refractivity (Wildman–Crippen MR) is 123 cm³/mol. The van der Waals surface area contributed by atoms with Crippen LogP contribution in [-0.2, 0) is 16.4 Å². The summed E-state index contributed by atoms with van der Waals surface area (Å²) in [6.45, 7) is 9.35. The van der Waals surface area contributed by atoms with E-state index < -0.39 is 10.0 Å². The van der Waals surface area contributed by atoms with Crippen molar-refractivity contribution in [2.24, 2.45) is 0 Å². The largest absolute Gasteiger partial charge is 0.353 e. The molecule has 7 nitrogen and oxygen atoms in total. The van der Waals surface area contributed by atoms with Crippen molar-refractivity contribution in [1.82, 2.24) is 9.88 Å². The van der Waals surface area contributed by atoms with Gasteiger partial charge in [0.25, 0.3) is 5.91 Å². The molecule has 31 heavy (non-hydrogen) atoms. The van der Waals surface area contributed by atoms with Crippen LogP contribution in [0.1, 0.15) is 40.4 Å². The molecule has 166 valence electrons. The average Bonchev–Trinajstić information content (AvgIpc) is 3.12. The second-order valence-electron chi connectivity index (χ2n) is 8.36. The van der Waals surface area contributed by atoms with Crippen LogP contribution in [0.4, 0.5) is 11.5 Å². The summed E-state index contributed by atoms with van der Waals surface area (Å²) in [4.78, 5) is 21.9. The Hall–Kier alpha value is -2.61. The summed E-state index contributed by atoms with van der Waals surface area (Å²) >= 11 is 0. The van der Waals surface area contributed by atoms with Gasteiger partial charge in [0.2, 0.25) is 10.0 Å². The lowest BCUT2D eigenvalue weighted by Crippen LogP contribution is -2.49. The van der Waals surface area contributed by atoms with Crippen LogP contribution in [0.3, 0.4) is 0 Å². The summed E-state index contributed by atoms with van der Waals surface area (Å²) in [5.41, 5.74) is 4.49. The number of anilines is 2. The minimum atomic E-state index is -3.22. The fourth-order valence-electron chi connectivity index (χ4n) is 4.41. The smallest absolute Gasteiger partial charge is 0.254 e. The lowest BCUT2D eigenvalue weighted by molar-refractivity contribution is 0.0746. The van der Waals surface area contributed by atoms with Crippen LogP contribution in [0.2, 0.25) is 0 Å². The van der Waals surface area contributed by atoms with E-state index in [1.165, 1.54) is 15.4 Å². The number of hydrogen-bond acceptors (Lipinski definition) is 5. The van der Waals surface area contributed by atoms with Gasteiger partial charge in [-0.25, -0.2) is 13.4 Å². The second-order valence-corrected chi connectivity index (χ2v) is 10.4. The van der Waals surface area contributed by atoms with Gasteiger partial charge in [0.1, 0.15) is 5.82 Å². The quantitative estimate of drug-likeness (QED) is 0.728. The number of pyridine rings is 1. The molecule has 8 heteroatoms. The minimum absolute atomic E-state index is 0.000934. The summed E-state index contributed by atoms with van der Waals surface area (Å²) < 4.78 is 25.8. The Balaban J connectivity index is 1.44. The first kappa shape index (κ1) is 21.6. The van der Waals surface area contributed by atoms with Crippen LogP contribution in [0.15, 0.2) is 30.5 Å². The Morgan fingerprint density at radius 2 is 1.77 bits per heavy atom. The fraction of sp³-hybridized carbons (Fsp3) is 0.478. The van der Waals surface area contributed by atoms with E-state index in [1.54, 1.807) is 12.1 Å². The fourth-order valence-corrected chi connectivity index (χ4v) is 5.97. The number of carbonyl (C=O) groups excluding carboxylic acids is 1. The molecular weight excluding hydrogens is 412 g/mol. The van der Waals surface area contributed by atoms with Gasteiger partial charge in [-0.1, -0.05) is 13.0 Å². The summed E-state index contributed by atoms with van der Waals surface area (Å²) in [7, 11) is -3.22. The van der Waals surface area contributed by atoms with Crippen molar-refractivity contribution >= 4 is 27.4 Å². The van der Waals surface area contributed by atoms with E-state index in [1.807, 2.05) is 24.1 Å². The molecule has 0 spiro atoms. The number of aromatic nitrogens is 1. The maximum Gasteiger partial charge on any atom is 0.254 e. The standard InChI is InChI=1S/C23H30N4O3S/c1-4-19-14-18(3)22(24-16-19)25-9-11-26(12-10-25)23(28)21-7-6-20(15-17(21)2)27-8-5-13-31(27,29)30/h6-7,14-16H,4-5,8-13H2,1-3H3. The normalized spacial score (nSPS) is 18.5. The van der Waals surface area contributed by atoms with E-state index in [2.05, 4.69) is 29.8 Å². The molecule has 0 aliphatic carbocycles. The van der Waals surface area contributed by atoms with Gasteiger partial charge in [-0.05, 0) is 61.6 Å². The van der Waals surface area contributed by atoms with E-state index in [4.69, 9.17) is 0 Å². The number of piperazine rings is 1. The van der Waals surface area contributed by atoms with Crippen LogP contribution in [0.25, 0.3) is 0 Å². The molecule has 2 fully saturated rings. The van der Waals surface area contributed by atoms with Crippen molar-refractivity contribution in [3.63, 3.8) is 0 Å². The molecule has 2 saturated heterocycles. The third-order valence-corrected chi connectivity index (χ3v) is 8.08. The topological polar surface area (TPSA) is 73.8 Å². The van der Waals surface area contributed by atoms with E-state index in [9.17, 15) is 13.2 Å². The molecule has 1 aromatic heterocycles. The molecular formula is C23H30N4O3S. The third kappa shape index (κ3) is 4.26. The first-order valence-corrected chi connectivity index (χ1v) is 12.5. The van der Waals surface area contributed by atoms with E-state index >= 15 is 0 Å². The molecule has 4 rings (SSSR count). The highest BCUT2D eigenvalue weighted by Crippen LogP contribution is 2.27. The highest BCUT2D eigenvalue weighted by atomic mass is 32.2. The molecule has 0 atom stereocenters. The number of hydrogen-bond donors (Lipinski definition) is 0. The summed E-state index contributed by atoms with van der Waals surface area (Å²) in [6.07, 6.45) is 3.55. The van der Waals surface area contributed by atoms with Crippen molar-refractivity contribution in [3.05, 3.63) is 52.7 Å². The Morgan fingerprint density at radius 1 is 1.03 bits per heavy atom. The second kappa shape index (κ2) is 8.49. The van der Waals surface area contributed by atoms with Gasteiger partial charge >= 0.3 is 0 Å². The van der Waals surface area contributed by atoms with Crippen molar-refractivity contribution < 1.29 is 13.2 Å². The van der Waals surface area contributed by atoms with Crippen LogP contribution in [0.5, 0.6) is 0 Å². The number of benzene rings is 1. The molecule has 0 N–H and O–H groups in total. The highest BCUT2D eigenvalue weighted by Gasteiger charge is 2.29. The van der Waals surface area contributed by atoms with E-state index in [0.29, 0.717) is 37.3 Å². The number of nitrogens with zero attached hydrogens (tertiary/aromatic N) is 4. The van der Waals surface area contributed by atoms with E-state index in [-0.39, 0.29) is 11.7 Å². The first-order chi connectivity index (χ1) is 14.8. The van der Waals surface area contributed by atoms with Gasteiger partial charge in [0, 0.05) is 44.5 Å². The maximum atomic E-state index is 13.1. The molecule has 2 aliphatic rings. The summed E-state index contributed by atoms with van der Waals surface area (Å²) in [5.74, 6) is 1.18. The van der Waals surface area contributed by atoms with Crippen LogP contribution < -0.4 is 9.21 Å². The molecule has 1 amide bonds. The SMILES string of the molecule is CCc1cnc(N2CCN(C(=O)c3ccc(N4CCCS4(=O)=O)cc3C)CC2)c(C)c1. The average molecular weight is 443 g/mol. The van der Waals surface area contributed by atoms with Gasteiger partial charge in [-0.2, -0.15) is 0 Å². The summed E-state index contributed by atoms with van der Waals surface area (Å²) in [6, 6.07) is 7.52. The Kier molecular flexibility index (Phi) is 5.92. The lowest BCUT2D eigenvalue weighted by Gasteiger charge is -2.36. The predicted octanol–water partition coefficient (Wildman–Crippen LogP) is 2.76. The van der Waals surface area contributed by atoms with Crippen molar-refractivity contribution in [3.8, 4) is 0 Å². The molecule has 0 bridgehead atoms. The molecule has 0 unspecified atom stereocenters.